The molecule has 0 saturated heterocycles. The van der Waals surface area contributed by atoms with Crippen LogP contribution in [0, 0.1) is 13.8 Å². The van der Waals surface area contributed by atoms with E-state index in [1.165, 1.54) is 5.56 Å². The van der Waals surface area contributed by atoms with E-state index < -0.39 is 0 Å². The molecule has 2 aromatic rings. The Hall–Kier alpha value is -1.87. The summed E-state index contributed by atoms with van der Waals surface area (Å²) in [5, 5.41) is 3.42. The molecule has 20 heavy (non-hydrogen) atoms. The fourth-order valence-corrected chi connectivity index (χ4v) is 1.88. The van der Waals surface area contributed by atoms with Crippen molar-refractivity contribution in [2.45, 2.75) is 40.3 Å². The zero-order chi connectivity index (χ0) is 14.5. The van der Waals surface area contributed by atoms with Crippen LogP contribution in [0.15, 0.2) is 36.5 Å². The van der Waals surface area contributed by atoms with E-state index in [2.05, 4.69) is 49.3 Å². The number of benzene rings is 1. The average molecular weight is 270 g/mol. The van der Waals surface area contributed by atoms with Gasteiger partial charge in [0.2, 0.25) is 0 Å². The monoisotopic (exact) mass is 270 g/mol. The van der Waals surface area contributed by atoms with Gasteiger partial charge in [0.1, 0.15) is 11.5 Å². The van der Waals surface area contributed by atoms with Crippen LogP contribution in [0.25, 0.3) is 0 Å². The molecule has 0 spiro atoms. The van der Waals surface area contributed by atoms with Gasteiger partial charge >= 0.3 is 0 Å². The molecule has 1 aromatic heterocycles. The standard InChI is InChI=1S/C17H22N2O/c1-12(2)19-11-15-8-7-13(3)17(10-15)20-16-6-5-9-18-14(16)4/h5-10,12,19H,11H2,1-4H3. The Morgan fingerprint density at radius 2 is 1.95 bits per heavy atom. The zero-order valence-electron chi connectivity index (χ0n) is 12.6. The largest absolute Gasteiger partial charge is 0.455 e. The van der Waals surface area contributed by atoms with Gasteiger partial charge in [-0.2, -0.15) is 0 Å². The second-order valence-electron chi connectivity index (χ2n) is 5.32. The maximum absolute atomic E-state index is 6.00. The van der Waals surface area contributed by atoms with Gasteiger partial charge < -0.3 is 10.1 Å². The Balaban J connectivity index is 2.18. The third kappa shape index (κ3) is 3.81. The van der Waals surface area contributed by atoms with Crippen molar-refractivity contribution in [3.63, 3.8) is 0 Å². The number of hydrogen-bond donors (Lipinski definition) is 1. The minimum absolute atomic E-state index is 0.473. The molecule has 0 aliphatic carbocycles. The summed E-state index contributed by atoms with van der Waals surface area (Å²) < 4.78 is 6.00. The topological polar surface area (TPSA) is 34.1 Å². The number of pyridine rings is 1. The summed E-state index contributed by atoms with van der Waals surface area (Å²) in [5.74, 6) is 1.70. The molecule has 106 valence electrons. The van der Waals surface area contributed by atoms with E-state index in [-0.39, 0.29) is 0 Å². The van der Waals surface area contributed by atoms with Crippen molar-refractivity contribution in [3.8, 4) is 11.5 Å². The molecule has 3 heteroatoms. The fraction of sp³-hybridized carbons (Fsp3) is 0.353. The molecule has 0 unspecified atom stereocenters. The normalized spacial score (nSPS) is 10.8. The molecule has 0 bridgehead atoms. The number of aryl methyl sites for hydroxylation is 2. The van der Waals surface area contributed by atoms with Crippen LogP contribution >= 0.6 is 0 Å². The van der Waals surface area contributed by atoms with Crippen LogP contribution in [-0.4, -0.2) is 11.0 Å². The quantitative estimate of drug-likeness (QED) is 0.892. The highest BCUT2D eigenvalue weighted by Gasteiger charge is 2.06. The van der Waals surface area contributed by atoms with E-state index in [1.54, 1.807) is 6.20 Å². The minimum atomic E-state index is 0.473. The molecule has 0 fully saturated rings. The molecular formula is C17H22N2O. The van der Waals surface area contributed by atoms with Crippen molar-refractivity contribution in [3.05, 3.63) is 53.3 Å². The molecular weight excluding hydrogens is 248 g/mol. The number of rotatable bonds is 5. The molecule has 1 aromatic carbocycles. The zero-order valence-corrected chi connectivity index (χ0v) is 12.6. The molecule has 1 heterocycles. The highest BCUT2D eigenvalue weighted by Crippen LogP contribution is 2.27. The van der Waals surface area contributed by atoms with Crippen LogP contribution in [0.4, 0.5) is 0 Å². The summed E-state index contributed by atoms with van der Waals surface area (Å²) in [5.41, 5.74) is 3.25. The van der Waals surface area contributed by atoms with Crippen molar-refractivity contribution in [2.75, 3.05) is 0 Å². The Kier molecular flexibility index (Phi) is 4.74. The van der Waals surface area contributed by atoms with Crippen molar-refractivity contribution < 1.29 is 4.74 Å². The van der Waals surface area contributed by atoms with Gasteiger partial charge in [-0.05, 0) is 43.2 Å². The van der Waals surface area contributed by atoms with Gasteiger partial charge in [0, 0.05) is 18.8 Å². The van der Waals surface area contributed by atoms with Crippen LogP contribution in [0.3, 0.4) is 0 Å². The summed E-state index contributed by atoms with van der Waals surface area (Å²) in [7, 11) is 0. The first-order valence-electron chi connectivity index (χ1n) is 6.98. The lowest BCUT2D eigenvalue weighted by molar-refractivity contribution is 0.470. The molecule has 0 radical (unpaired) electrons. The van der Waals surface area contributed by atoms with Crippen LogP contribution in [0.5, 0.6) is 11.5 Å². The molecule has 3 nitrogen and oxygen atoms in total. The van der Waals surface area contributed by atoms with Crippen molar-refractivity contribution >= 4 is 0 Å². The number of nitrogens with one attached hydrogen (secondary N) is 1. The SMILES string of the molecule is Cc1ccc(CNC(C)C)cc1Oc1cccnc1C. The Morgan fingerprint density at radius 3 is 2.65 bits per heavy atom. The number of aromatic nitrogens is 1. The predicted octanol–water partition coefficient (Wildman–Crippen LogP) is 3.99. The number of nitrogens with zero attached hydrogens (tertiary/aromatic N) is 1. The summed E-state index contributed by atoms with van der Waals surface area (Å²) in [6, 6.07) is 10.6. The molecule has 0 amide bonds. The summed E-state index contributed by atoms with van der Waals surface area (Å²) >= 11 is 0. The van der Waals surface area contributed by atoms with Crippen LogP contribution in [0.2, 0.25) is 0 Å². The highest BCUT2D eigenvalue weighted by molar-refractivity contribution is 5.41. The summed E-state index contributed by atoms with van der Waals surface area (Å²) in [4.78, 5) is 4.25. The van der Waals surface area contributed by atoms with E-state index in [0.29, 0.717) is 6.04 Å². The third-order valence-electron chi connectivity index (χ3n) is 3.15. The van der Waals surface area contributed by atoms with Gasteiger partial charge in [0.25, 0.3) is 0 Å². The Bertz CT molecular complexity index is 579. The average Bonchev–Trinajstić information content (AvgIpc) is 2.42. The van der Waals surface area contributed by atoms with Gasteiger partial charge in [-0.15, -0.1) is 0 Å². The van der Waals surface area contributed by atoms with E-state index in [1.807, 2.05) is 19.1 Å². The van der Waals surface area contributed by atoms with Crippen molar-refractivity contribution in [2.24, 2.45) is 0 Å². The first kappa shape index (κ1) is 14.5. The first-order chi connectivity index (χ1) is 9.56. The Labute approximate surface area is 121 Å². The molecule has 0 atom stereocenters. The van der Waals surface area contributed by atoms with Gasteiger partial charge in [0.15, 0.2) is 0 Å². The molecule has 0 aliphatic heterocycles. The van der Waals surface area contributed by atoms with Crippen molar-refractivity contribution in [1.82, 2.24) is 10.3 Å². The smallest absolute Gasteiger partial charge is 0.148 e. The lowest BCUT2D eigenvalue weighted by atomic mass is 10.1. The minimum Gasteiger partial charge on any atom is -0.455 e. The molecule has 0 saturated carbocycles. The second kappa shape index (κ2) is 6.53. The molecule has 2 rings (SSSR count). The van der Waals surface area contributed by atoms with E-state index >= 15 is 0 Å². The summed E-state index contributed by atoms with van der Waals surface area (Å²) in [6.45, 7) is 9.14. The van der Waals surface area contributed by atoms with Gasteiger partial charge in [-0.3, -0.25) is 4.98 Å². The predicted molar refractivity (Wildman–Crippen MR) is 82.2 cm³/mol. The van der Waals surface area contributed by atoms with Crippen LogP contribution in [0.1, 0.15) is 30.7 Å². The van der Waals surface area contributed by atoms with Crippen LogP contribution < -0.4 is 10.1 Å². The maximum Gasteiger partial charge on any atom is 0.148 e. The maximum atomic E-state index is 6.00. The highest BCUT2D eigenvalue weighted by atomic mass is 16.5. The van der Waals surface area contributed by atoms with E-state index in [4.69, 9.17) is 4.74 Å². The lowest BCUT2D eigenvalue weighted by Crippen LogP contribution is -2.21. The van der Waals surface area contributed by atoms with Gasteiger partial charge in [-0.1, -0.05) is 26.0 Å². The second-order valence-corrected chi connectivity index (χ2v) is 5.32. The molecule has 1 N–H and O–H groups in total. The van der Waals surface area contributed by atoms with E-state index in [9.17, 15) is 0 Å². The van der Waals surface area contributed by atoms with Gasteiger partial charge in [0.05, 0.1) is 5.69 Å². The van der Waals surface area contributed by atoms with Gasteiger partial charge in [-0.25, -0.2) is 0 Å². The first-order valence-corrected chi connectivity index (χ1v) is 6.98. The van der Waals surface area contributed by atoms with E-state index in [0.717, 1.165) is 29.3 Å². The summed E-state index contributed by atoms with van der Waals surface area (Å²) in [6.07, 6.45) is 1.78. The van der Waals surface area contributed by atoms with Crippen molar-refractivity contribution in [1.29, 1.82) is 0 Å². The number of ether oxygens (including phenoxy) is 1. The van der Waals surface area contributed by atoms with Crippen LogP contribution in [-0.2, 0) is 6.54 Å². The Morgan fingerprint density at radius 1 is 1.15 bits per heavy atom. The third-order valence-corrected chi connectivity index (χ3v) is 3.15. The lowest BCUT2D eigenvalue weighted by Gasteiger charge is -2.13. The number of hydrogen-bond acceptors (Lipinski definition) is 3. The molecule has 0 aliphatic rings. The fourth-order valence-electron chi connectivity index (χ4n) is 1.88.